The molecule has 0 aliphatic heterocycles. The van der Waals surface area contributed by atoms with Crippen molar-refractivity contribution < 1.29 is 9.53 Å². The van der Waals surface area contributed by atoms with Gasteiger partial charge < -0.3 is 4.74 Å². The van der Waals surface area contributed by atoms with Crippen molar-refractivity contribution in [3.63, 3.8) is 0 Å². The van der Waals surface area contributed by atoms with Crippen LogP contribution in [-0.4, -0.2) is 12.4 Å². The number of rotatable bonds is 5. The van der Waals surface area contributed by atoms with Crippen LogP contribution in [0.5, 0.6) is 0 Å². The average molecular weight is 307 g/mol. The van der Waals surface area contributed by atoms with Crippen LogP contribution in [0.4, 0.5) is 0 Å². The van der Waals surface area contributed by atoms with E-state index in [4.69, 9.17) is 27.9 Å². The number of halogens is 2. The van der Waals surface area contributed by atoms with Gasteiger partial charge in [0.15, 0.2) is 5.78 Å². The van der Waals surface area contributed by atoms with E-state index in [2.05, 4.69) is 0 Å². The maximum Gasteiger partial charge on any atom is 0.190 e. The van der Waals surface area contributed by atoms with Crippen LogP contribution in [0, 0.1) is 0 Å². The van der Waals surface area contributed by atoms with E-state index in [0.717, 1.165) is 4.88 Å². The first-order valence-corrected chi connectivity index (χ1v) is 7.20. The molecule has 17 heavy (non-hydrogen) atoms. The quantitative estimate of drug-likeness (QED) is 0.759. The Balaban J connectivity index is 1.87. The van der Waals surface area contributed by atoms with Crippen LogP contribution in [0.25, 0.3) is 0 Å². The Bertz CT molecular complexity index is 506. The highest BCUT2D eigenvalue weighted by Crippen LogP contribution is 2.31. The van der Waals surface area contributed by atoms with Gasteiger partial charge in [-0.05, 0) is 17.5 Å². The molecule has 0 spiro atoms. The van der Waals surface area contributed by atoms with E-state index >= 15 is 0 Å². The Morgan fingerprint density at radius 2 is 2.24 bits per heavy atom. The summed E-state index contributed by atoms with van der Waals surface area (Å²) in [6.07, 6.45) is 0. The third kappa shape index (κ3) is 3.53. The molecule has 2 aromatic rings. The molecule has 90 valence electrons. The summed E-state index contributed by atoms with van der Waals surface area (Å²) in [5, 5.41) is 1.97. The monoisotopic (exact) mass is 306 g/mol. The number of hydrogen-bond acceptors (Lipinski definition) is 4. The van der Waals surface area contributed by atoms with Gasteiger partial charge in [0.1, 0.15) is 10.9 Å². The number of hydrogen-bond donors (Lipinski definition) is 0. The Labute approximate surface area is 117 Å². The Kier molecular flexibility index (Phi) is 4.59. The lowest BCUT2D eigenvalue weighted by Crippen LogP contribution is -2.08. The maximum atomic E-state index is 11.7. The van der Waals surface area contributed by atoms with E-state index in [9.17, 15) is 4.79 Å². The Morgan fingerprint density at radius 3 is 2.82 bits per heavy atom. The number of ether oxygens (including phenoxy) is 1. The zero-order valence-corrected chi connectivity index (χ0v) is 11.8. The first-order chi connectivity index (χ1) is 8.16. The van der Waals surface area contributed by atoms with Crippen molar-refractivity contribution >= 4 is 51.7 Å². The minimum atomic E-state index is -0.144. The predicted octanol–water partition coefficient (Wildman–Crippen LogP) is 4.52. The number of ketones is 1. The molecule has 0 bridgehead atoms. The summed E-state index contributed by atoms with van der Waals surface area (Å²) < 4.78 is 6.25. The molecule has 2 nitrogen and oxygen atoms in total. The van der Waals surface area contributed by atoms with Gasteiger partial charge >= 0.3 is 0 Å². The second kappa shape index (κ2) is 5.98. The van der Waals surface area contributed by atoms with Crippen LogP contribution < -0.4 is 0 Å². The van der Waals surface area contributed by atoms with Crippen molar-refractivity contribution in [2.24, 2.45) is 0 Å². The van der Waals surface area contributed by atoms with Gasteiger partial charge in [-0.15, -0.1) is 22.7 Å². The molecule has 0 aromatic carbocycles. The molecule has 0 amide bonds. The normalized spacial score (nSPS) is 10.7. The third-order valence-electron chi connectivity index (χ3n) is 2.01. The van der Waals surface area contributed by atoms with Crippen LogP contribution >= 0.6 is 45.9 Å². The third-order valence-corrected chi connectivity index (χ3v) is 4.35. The van der Waals surface area contributed by atoms with E-state index in [-0.39, 0.29) is 12.4 Å². The zero-order valence-electron chi connectivity index (χ0n) is 8.61. The van der Waals surface area contributed by atoms with Crippen molar-refractivity contribution in [2.75, 3.05) is 6.61 Å². The molecule has 2 rings (SSSR count). The molecule has 0 atom stereocenters. The Hall–Kier alpha value is -0.390. The van der Waals surface area contributed by atoms with Crippen molar-refractivity contribution in [3.05, 3.63) is 42.7 Å². The molecular weight excluding hydrogens is 299 g/mol. The van der Waals surface area contributed by atoms with Crippen LogP contribution in [0.3, 0.4) is 0 Å². The Morgan fingerprint density at radius 1 is 1.41 bits per heavy atom. The number of carbonyl (C=O) groups is 1. The molecule has 0 saturated heterocycles. The minimum Gasteiger partial charge on any atom is -0.368 e. The molecule has 2 aromatic heterocycles. The molecule has 0 saturated carbocycles. The second-order valence-electron chi connectivity index (χ2n) is 3.23. The summed E-state index contributed by atoms with van der Waals surface area (Å²) >= 11 is 14.4. The smallest absolute Gasteiger partial charge is 0.190 e. The molecule has 0 N–H and O–H groups in total. The summed E-state index contributed by atoms with van der Waals surface area (Å²) in [5.41, 5.74) is 0.438. The lowest BCUT2D eigenvalue weighted by atomic mass is 10.2. The summed E-state index contributed by atoms with van der Waals surface area (Å²) in [4.78, 5) is 12.8. The van der Waals surface area contributed by atoms with E-state index in [0.29, 0.717) is 20.8 Å². The lowest BCUT2D eigenvalue weighted by molar-refractivity contribution is 0.0732. The van der Waals surface area contributed by atoms with Crippen molar-refractivity contribution in [2.45, 2.75) is 6.61 Å². The van der Waals surface area contributed by atoms with E-state index in [1.807, 2.05) is 17.5 Å². The van der Waals surface area contributed by atoms with Gasteiger partial charge in [-0.1, -0.05) is 29.3 Å². The predicted molar refractivity (Wildman–Crippen MR) is 72.6 cm³/mol. The topological polar surface area (TPSA) is 26.3 Å². The molecular formula is C11H8Cl2O2S2. The highest BCUT2D eigenvalue weighted by Gasteiger charge is 2.14. The highest BCUT2D eigenvalue weighted by molar-refractivity contribution is 7.20. The van der Waals surface area contributed by atoms with Crippen molar-refractivity contribution in [1.29, 1.82) is 0 Å². The van der Waals surface area contributed by atoms with Gasteiger partial charge in [-0.2, -0.15) is 0 Å². The summed E-state index contributed by atoms with van der Waals surface area (Å²) in [7, 11) is 0. The summed E-state index contributed by atoms with van der Waals surface area (Å²) in [6, 6.07) is 5.48. The zero-order chi connectivity index (χ0) is 12.3. The van der Waals surface area contributed by atoms with Crippen LogP contribution in [-0.2, 0) is 11.3 Å². The van der Waals surface area contributed by atoms with Crippen LogP contribution in [0.15, 0.2) is 23.6 Å². The second-order valence-corrected chi connectivity index (χ2v) is 6.55. The number of thiophene rings is 2. The van der Waals surface area contributed by atoms with Gasteiger partial charge in [0.2, 0.25) is 0 Å². The fourth-order valence-corrected chi connectivity index (χ4v) is 3.39. The first-order valence-electron chi connectivity index (χ1n) is 4.75. The standard InChI is InChI=1S/C11H8Cl2O2S2/c12-10-4-8(11(13)17-10)9(14)6-15-5-7-2-1-3-16-7/h1-4H,5-6H2. The van der Waals surface area contributed by atoms with E-state index in [1.165, 1.54) is 11.3 Å². The van der Waals surface area contributed by atoms with E-state index in [1.54, 1.807) is 17.4 Å². The average Bonchev–Trinajstić information content (AvgIpc) is 2.88. The largest absolute Gasteiger partial charge is 0.368 e. The minimum absolute atomic E-state index is 0.0185. The number of carbonyl (C=O) groups excluding carboxylic acids is 1. The maximum absolute atomic E-state index is 11.7. The molecule has 0 aliphatic carbocycles. The molecule has 6 heteroatoms. The van der Waals surface area contributed by atoms with E-state index < -0.39 is 0 Å². The molecule has 0 fully saturated rings. The van der Waals surface area contributed by atoms with Crippen LogP contribution in [0.2, 0.25) is 8.67 Å². The SMILES string of the molecule is O=C(COCc1cccs1)c1cc(Cl)sc1Cl. The van der Waals surface area contributed by atoms with Crippen LogP contribution in [0.1, 0.15) is 15.2 Å². The number of Topliss-reactive ketones (excluding diaryl/α,β-unsaturated/α-hetero) is 1. The lowest BCUT2D eigenvalue weighted by Gasteiger charge is -2.01. The van der Waals surface area contributed by atoms with Gasteiger partial charge in [-0.3, -0.25) is 4.79 Å². The first kappa shape index (κ1) is 13.1. The van der Waals surface area contributed by atoms with Crippen molar-refractivity contribution in [1.82, 2.24) is 0 Å². The molecule has 2 heterocycles. The van der Waals surface area contributed by atoms with Gasteiger partial charge in [0.25, 0.3) is 0 Å². The van der Waals surface area contributed by atoms with Gasteiger partial charge in [0, 0.05) is 4.88 Å². The highest BCUT2D eigenvalue weighted by atomic mass is 35.5. The summed E-state index contributed by atoms with van der Waals surface area (Å²) in [6.45, 7) is 0.462. The molecule has 0 unspecified atom stereocenters. The molecule has 0 aliphatic rings. The van der Waals surface area contributed by atoms with Crippen molar-refractivity contribution in [3.8, 4) is 0 Å². The fourth-order valence-electron chi connectivity index (χ4n) is 1.25. The fraction of sp³-hybridized carbons (Fsp3) is 0.182. The summed E-state index contributed by atoms with van der Waals surface area (Å²) in [5.74, 6) is -0.144. The van der Waals surface area contributed by atoms with Gasteiger partial charge in [0.05, 0.1) is 16.5 Å². The molecule has 0 radical (unpaired) electrons. The van der Waals surface area contributed by atoms with Gasteiger partial charge in [-0.25, -0.2) is 0 Å².